The van der Waals surface area contributed by atoms with E-state index in [1.807, 2.05) is 16.8 Å². The molecule has 0 amide bonds. The largest absolute Gasteiger partial charge is 0.420 e. The molecule has 0 N–H and O–H groups in total. The van der Waals surface area contributed by atoms with Gasteiger partial charge in [0, 0.05) is 24.0 Å². The van der Waals surface area contributed by atoms with Gasteiger partial charge in [-0.05, 0) is 36.1 Å². The van der Waals surface area contributed by atoms with Gasteiger partial charge in [-0.25, -0.2) is 17.2 Å². The molecule has 1 atom stereocenters. The molecular weight excluding hydrogens is 384 g/mol. The van der Waals surface area contributed by atoms with Crippen molar-refractivity contribution in [1.29, 1.82) is 0 Å². The van der Waals surface area contributed by atoms with Crippen LogP contribution in [-0.4, -0.2) is 36.0 Å². The molecule has 3 aromatic rings. The van der Waals surface area contributed by atoms with Crippen LogP contribution in [0.2, 0.25) is 0 Å². The molecule has 1 saturated heterocycles. The second-order valence-electron chi connectivity index (χ2n) is 5.88. The molecule has 3 heterocycles. The fraction of sp³-hybridized carbons (Fsp3) is 0.250. The number of sulfonamides is 1. The Hall–Kier alpha value is -2.17. The van der Waals surface area contributed by atoms with E-state index >= 15 is 0 Å². The molecule has 0 aliphatic carbocycles. The lowest BCUT2D eigenvalue weighted by Crippen LogP contribution is -2.28. The molecule has 0 spiro atoms. The predicted molar refractivity (Wildman–Crippen MR) is 90.1 cm³/mol. The zero-order valence-corrected chi connectivity index (χ0v) is 14.9. The number of thiophene rings is 1. The quantitative estimate of drug-likeness (QED) is 0.675. The van der Waals surface area contributed by atoms with Gasteiger partial charge in [-0.15, -0.1) is 10.2 Å². The highest BCUT2D eigenvalue weighted by Gasteiger charge is 2.36. The second kappa shape index (κ2) is 6.53. The van der Waals surface area contributed by atoms with Crippen LogP contribution in [-0.2, 0) is 10.0 Å². The molecule has 4 rings (SSSR count). The molecule has 0 radical (unpaired) electrons. The zero-order chi connectivity index (χ0) is 18.3. The number of hydrogen-bond acceptors (Lipinski definition) is 6. The van der Waals surface area contributed by atoms with Gasteiger partial charge in [0.05, 0.1) is 10.8 Å². The lowest BCUT2D eigenvalue weighted by atomic mass is 10.1. The molecule has 1 aliphatic heterocycles. The number of aromatic nitrogens is 2. The summed E-state index contributed by atoms with van der Waals surface area (Å²) in [5.74, 6) is -1.76. The summed E-state index contributed by atoms with van der Waals surface area (Å²) in [5, 5.41) is 11.8. The van der Waals surface area contributed by atoms with Crippen LogP contribution in [0.25, 0.3) is 11.5 Å². The topological polar surface area (TPSA) is 76.3 Å². The summed E-state index contributed by atoms with van der Waals surface area (Å²) in [6.07, 6.45) is 0.508. The first-order chi connectivity index (χ1) is 12.4. The molecule has 0 bridgehead atoms. The van der Waals surface area contributed by atoms with Crippen LogP contribution >= 0.6 is 11.3 Å². The smallest absolute Gasteiger partial charge is 0.248 e. The summed E-state index contributed by atoms with van der Waals surface area (Å²) in [7, 11) is -3.92. The lowest BCUT2D eigenvalue weighted by Gasteiger charge is -2.16. The van der Waals surface area contributed by atoms with Gasteiger partial charge >= 0.3 is 0 Å². The summed E-state index contributed by atoms with van der Waals surface area (Å²) < 4.78 is 58.6. The van der Waals surface area contributed by atoms with Crippen LogP contribution in [0.5, 0.6) is 0 Å². The van der Waals surface area contributed by atoms with Gasteiger partial charge in [0.2, 0.25) is 21.8 Å². The van der Waals surface area contributed by atoms with Gasteiger partial charge in [-0.2, -0.15) is 15.6 Å². The molecule has 1 aromatic carbocycles. The van der Waals surface area contributed by atoms with Crippen LogP contribution < -0.4 is 0 Å². The Morgan fingerprint density at radius 3 is 2.77 bits per heavy atom. The summed E-state index contributed by atoms with van der Waals surface area (Å²) in [5.41, 5.74) is 0.818. The first kappa shape index (κ1) is 17.3. The first-order valence-electron chi connectivity index (χ1n) is 7.76. The van der Waals surface area contributed by atoms with Crippen molar-refractivity contribution in [2.45, 2.75) is 17.2 Å². The highest BCUT2D eigenvalue weighted by Crippen LogP contribution is 2.32. The monoisotopic (exact) mass is 397 g/mol. The number of benzene rings is 1. The Balaban J connectivity index is 1.54. The number of rotatable bonds is 4. The van der Waals surface area contributed by atoms with Crippen molar-refractivity contribution in [3.8, 4) is 11.5 Å². The Morgan fingerprint density at radius 2 is 2.04 bits per heavy atom. The van der Waals surface area contributed by atoms with Crippen molar-refractivity contribution in [2.24, 2.45) is 0 Å². The first-order valence-corrected chi connectivity index (χ1v) is 10.1. The van der Waals surface area contributed by atoms with Crippen molar-refractivity contribution in [3.05, 3.63) is 52.6 Å². The van der Waals surface area contributed by atoms with E-state index in [0.717, 1.165) is 17.7 Å². The number of halogens is 2. The van der Waals surface area contributed by atoms with E-state index in [4.69, 9.17) is 4.42 Å². The molecule has 6 nitrogen and oxygen atoms in total. The third-order valence-corrected chi connectivity index (χ3v) is 6.78. The maximum atomic E-state index is 13.4. The van der Waals surface area contributed by atoms with E-state index in [0.29, 0.717) is 24.3 Å². The summed E-state index contributed by atoms with van der Waals surface area (Å²) in [4.78, 5) is -0.276. The van der Waals surface area contributed by atoms with Gasteiger partial charge in [-0.3, -0.25) is 0 Å². The van der Waals surface area contributed by atoms with Gasteiger partial charge in [0.15, 0.2) is 11.6 Å². The van der Waals surface area contributed by atoms with Crippen LogP contribution in [0.15, 0.2) is 44.3 Å². The van der Waals surface area contributed by atoms with Crippen LogP contribution in [0.4, 0.5) is 8.78 Å². The van der Waals surface area contributed by atoms with Gasteiger partial charge in [-0.1, -0.05) is 0 Å². The number of hydrogen-bond donors (Lipinski definition) is 0. The molecular formula is C16H13F2N3O3S2. The van der Waals surface area contributed by atoms with Crippen LogP contribution in [0.3, 0.4) is 0 Å². The summed E-state index contributed by atoms with van der Waals surface area (Å²) in [6.45, 7) is 0.384. The average molecular weight is 397 g/mol. The summed E-state index contributed by atoms with van der Waals surface area (Å²) >= 11 is 1.51. The third-order valence-electron chi connectivity index (χ3n) is 4.24. The van der Waals surface area contributed by atoms with Crippen molar-refractivity contribution in [1.82, 2.24) is 14.5 Å². The average Bonchev–Trinajstić information content (AvgIpc) is 3.37. The van der Waals surface area contributed by atoms with Crippen LogP contribution in [0, 0.1) is 11.6 Å². The molecule has 0 saturated carbocycles. The molecule has 10 heteroatoms. The molecule has 1 aliphatic rings. The van der Waals surface area contributed by atoms with Crippen molar-refractivity contribution >= 4 is 21.4 Å². The predicted octanol–water partition coefficient (Wildman–Crippen LogP) is 3.25. The Morgan fingerprint density at radius 1 is 1.19 bits per heavy atom. The minimum Gasteiger partial charge on any atom is -0.420 e. The molecule has 1 fully saturated rings. The maximum Gasteiger partial charge on any atom is 0.248 e. The third kappa shape index (κ3) is 3.04. The normalized spacial score (nSPS) is 18.5. The SMILES string of the molecule is O=S(=O)(c1ccc(F)c(F)c1)N1CC[C@@H](c2nnc(-c3ccsc3)o2)C1. The highest BCUT2D eigenvalue weighted by molar-refractivity contribution is 7.89. The molecule has 26 heavy (non-hydrogen) atoms. The van der Waals surface area contributed by atoms with E-state index in [1.54, 1.807) is 0 Å². The fourth-order valence-electron chi connectivity index (χ4n) is 2.84. The second-order valence-corrected chi connectivity index (χ2v) is 8.60. The Bertz CT molecular complexity index is 1030. The minimum absolute atomic E-state index is 0.145. The lowest BCUT2D eigenvalue weighted by molar-refractivity contribution is 0.439. The zero-order valence-electron chi connectivity index (χ0n) is 13.3. The summed E-state index contributed by atoms with van der Waals surface area (Å²) in [6, 6.07) is 4.42. The van der Waals surface area contributed by atoms with Crippen molar-refractivity contribution in [3.63, 3.8) is 0 Å². The molecule has 2 aromatic heterocycles. The van der Waals surface area contributed by atoms with Gasteiger partial charge < -0.3 is 4.42 Å². The highest BCUT2D eigenvalue weighted by atomic mass is 32.2. The Kier molecular flexibility index (Phi) is 4.33. The molecule has 0 unspecified atom stereocenters. The van der Waals surface area contributed by atoms with E-state index in [2.05, 4.69) is 10.2 Å². The maximum absolute atomic E-state index is 13.4. The van der Waals surface area contributed by atoms with Gasteiger partial charge in [0.1, 0.15) is 0 Å². The van der Waals surface area contributed by atoms with E-state index in [9.17, 15) is 17.2 Å². The number of nitrogens with zero attached hydrogens (tertiary/aromatic N) is 3. The van der Waals surface area contributed by atoms with E-state index < -0.39 is 21.7 Å². The Labute approximate surface area is 152 Å². The minimum atomic E-state index is -3.92. The standard InChI is InChI=1S/C16H13F2N3O3S2/c17-13-2-1-12(7-14(13)18)26(22,23)21-5-3-10(8-21)15-19-20-16(24-15)11-4-6-25-9-11/h1-2,4,6-7,9-10H,3,5,8H2/t10-/m1/s1. The van der Waals surface area contributed by atoms with E-state index in [1.165, 1.54) is 15.6 Å². The van der Waals surface area contributed by atoms with Gasteiger partial charge in [0.25, 0.3) is 0 Å². The molecule has 136 valence electrons. The van der Waals surface area contributed by atoms with Crippen molar-refractivity contribution < 1.29 is 21.6 Å². The van der Waals surface area contributed by atoms with Crippen LogP contribution in [0.1, 0.15) is 18.2 Å². The fourth-order valence-corrected chi connectivity index (χ4v) is 4.98. The van der Waals surface area contributed by atoms with E-state index in [-0.39, 0.29) is 23.9 Å². The van der Waals surface area contributed by atoms with Crippen molar-refractivity contribution in [2.75, 3.05) is 13.1 Å².